The summed E-state index contributed by atoms with van der Waals surface area (Å²) >= 11 is 0. The number of amides is 1. The molecule has 1 amide bonds. The number of nitro groups is 1. The first-order chi connectivity index (χ1) is 9.65. The molecule has 1 aromatic heterocycles. The minimum Gasteiger partial charge on any atom is -0.465 e. The van der Waals surface area contributed by atoms with Crippen LogP contribution in [-0.4, -0.2) is 10.8 Å². The molecule has 0 aliphatic carbocycles. The van der Waals surface area contributed by atoms with Crippen LogP contribution in [0.25, 0.3) is 6.08 Å². The predicted molar refractivity (Wildman–Crippen MR) is 72.7 cm³/mol. The summed E-state index contributed by atoms with van der Waals surface area (Å²) in [7, 11) is 0. The van der Waals surface area contributed by atoms with Crippen LogP contribution in [-0.2, 0) is 11.3 Å². The van der Waals surface area contributed by atoms with Gasteiger partial charge in [-0.05, 0) is 23.8 Å². The van der Waals surface area contributed by atoms with E-state index in [9.17, 15) is 14.9 Å². The molecule has 2 rings (SSSR count). The first-order valence-electron chi connectivity index (χ1n) is 5.88. The van der Waals surface area contributed by atoms with Crippen LogP contribution in [0, 0.1) is 10.1 Å². The summed E-state index contributed by atoms with van der Waals surface area (Å²) < 4.78 is 5.05. The van der Waals surface area contributed by atoms with Gasteiger partial charge in [-0.15, -0.1) is 0 Å². The molecule has 1 heterocycles. The molecule has 20 heavy (non-hydrogen) atoms. The highest BCUT2D eigenvalue weighted by atomic mass is 16.6. The zero-order chi connectivity index (χ0) is 14.4. The molecule has 0 saturated heterocycles. The number of nitrogens with one attached hydrogen (secondary N) is 1. The zero-order valence-corrected chi connectivity index (χ0v) is 10.5. The first kappa shape index (κ1) is 13.5. The summed E-state index contributed by atoms with van der Waals surface area (Å²) in [5.74, 6) is 0.329. The fourth-order valence-corrected chi connectivity index (χ4v) is 1.53. The van der Waals surface area contributed by atoms with Crippen molar-refractivity contribution in [3.05, 3.63) is 70.2 Å². The molecule has 1 aromatic carbocycles. The minimum atomic E-state index is -0.464. The van der Waals surface area contributed by atoms with Crippen LogP contribution < -0.4 is 5.32 Å². The van der Waals surface area contributed by atoms with Crippen LogP contribution in [0.4, 0.5) is 5.69 Å². The van der Waals surface area contributed by atoms with Gasteiger partial charge in [0.05, 0.1) is 11.2 Å². The van der Waals surface area contributed by atoms with Crippen LogP contribution in [0.1, 0.15) is 11.3 Å². The van der Waals surface area contributed by atoms with E-state index in [-0.39, 0.29) is 11.6 Å². The molecule has 6 heteroatoms. The van der Waals surface area contributed by atoms with Gasteiger partial charge in [0.1, 0.15) is 5.76 Å². The van der Waals surface area contributed by atoms with Gasteiger partial charge in [-0.1, -0.05) is 12.1 Å². The molecular weight excluding hydrogens is 260 g/mol. The van der Waals surface area contributed by atoms with Crippen LogP contribution in [0.3, 0.4) is 0 Å². The Kier molecular flexibility index (Phi) is 4.28. The van der Waals surface area contributed by atoms with Gasteiger partial charge >= 0.3 is 0 Å². The van der Waals surface area contributed by atoms with Crippen molar-refractivity contribution in [2.75, 3.05) is 0 Å². The molecular formula is C14H12N2O4. The maximum atomic E-state index is 11.5. The minimum absolute atomic E-state index is 0.0257. The van der Waals surface area contributed by atoms with E-state index < -0.39 is 4.92 Å². The lowest BCUT2D eigenvalue weighted by atomic mass is 10.2. The standard InChI is InChI=1S/C14H12N2O4/c17-14(8-7-13-2-1-9-20-13)15-10-11-3-5-12(6-4-11)16(18)19/h1-9H,10H2,(H,15,17). The summed E-state index contributed by atoms with van der Waals surface area (Å²) in [6, 6.07) is 9.48. The van der Waals surface area contributed by atoms with Crippen molar-refractivity contribution in [1.29, 1.82) is 0 Å². The molecule has 0 bridgehead atoms. The monoisotopic (exact) mass is 272 g/mol. The highest BCUT2D eigenvalue weighted by Gasteiger charge is 2.04. The first-order valence-corrected chi connectivity index (χ1v) is 5.88. The van der Waals surface area contributed by atoms with E-state index in [0.29, 0.717) is 12.3 Å². The number of carbonyl (C=O) groups excluding carboxylic acids is 1. The molecule has 6 nitrogen and oxygen atoms in total. The molecule has 0 fully saturated rings. The maximum Gasteiger partial charge on any atom is 0.269 e. The van der Waals surface area contributed by atoms with Crippen LogP contribution >= 0.6 is 0 Å². The van der Waals surface area contributed by atoms with E-state index in [1.807, 2.05) is 0 Å². The molecule has 0 aliphatic heterocycles. The molecule has 102 valence electrons. The second kappa shape index (κ2) is 6.33. The number of benzene rings is 1. The Labute approximate surface area is 114 Å². The quantitative estimate of drug-likeness (QED) is 0.515. The van der Waals surface area contributed by atoms with E-state index in [2.05, 4.69) is 5.32 Å². The third kappa shape index (κ3) is 3.81. The van der Waals surface area contributed by atoms with Crippen LogP contribution in [0.5, 0.6) is 0 Å². The van der Waals surface area contributed by atoms with Gasteiger partial charge in [0, 0.05) is 24.8 Å². The predicted octanol–water partition coefficient (Wildman–Crippen LogP) is 2.52. The average Bonchev–Trinajstić information content (AvgIpc) is 2.96. The van der Waals surface area contributed by atoms with Gasteiger partial charge in [-0.3, -0.25) is 14.9 Å². The van der Waals surface area contributed by atoms with Crippen molar-refractivity contribution in [3.63, 3.8) is 0 Å². The topological polar surface area (TPSA) is 85.4 Å². The van der Waals surface area contributed by atoms with Crippen LogP contribution in [0.2, 0.25) is 0 Å². The van der Waals surface area contributed by atoms with Gasteiger partial charge in [0.15, 0.2) is 0 Å². The molecule has 1 N–H and O–H groups in total. The van der Waals surface area contributed by atoms with Gasteiger partial charge in [0.2, 0.25) is 5.91 Å². The van der Waals surface area contributed by atoms with E-state index in [1.165, 1.54) is 24.5 Å². The van der Waals surface area contributed by atoms with Crippen molar-refractivity contribution in [3.8, 4) is 0 Å². The molecule has 2 aromatic rings. The number of rotatable bonds is 5. The third-order valence-electron chi connectivity index (χ3n) is 2.56. The zero-order valence-electron chi connectivity index (χ0n) is 10.5. The molecule has 0 aliphatic rings. The van der Waals surface area contributed by atoms with Crippen molar-refractivity contribution in [2.45, 2.75) is 6.54 Å². The van der Waals surface area contributed by atoms with Gasteiger partial charge < -0.3 is 9.73 Å². The summed E-state index contributed by atoms with van der Waals surface area (Å²) in [4.78, 5) is 21.6. The highest BCUT2D eigenvalue weighted by Crippen LogP contribution is 2.11. The number of non-ortho nitro benzene ring substituents is 1. The fraction of sp³-hybridized carbons (Fsp3) is 0.0714. The van der Waals surface area contributed by atoms with E-state index in [4.69, 9.17) is 4.42 Å². The van der Waals surface area contributed by atoms with Gasteiger partial charge in [0.25, 0.3) is 5.69 Å². The second-order valence-electron chi connectivity index (χ2n) is 3.99. The van der Waals surface area contributed by atoms with Gasteiger partial charge in [-0.25, -0.2) is 0 Å². The Morgan fingerprint density at radius 2 is 2.05 bits per heavy atom. The Morgan fingerprint density at radius 1 is 1.30 bits per heavy atom. The molecule has 0 atom stereocenters. The summed E-state index contributed by atoms with van der Waals surface area (Å²) in [6.07, 6.45) is 4.45. The summed E-state index contributed by atoms with van der Waals surface area (Å²) in [5, 5.41) is 13.2. The number of nitro benzene ring substituents is 1. The number of hydrogen-bond donors (Lipinski definition) is 1. The number of nitrogens with zero attached hydrogens (tertiary/aromatic N) is 1. The lowest BCUT2D eigenvalue weighted by Gasteiger charge is -2.02. The van der Waals surface area contributed by atoms with Crippen molar-refractivity contribution < 1.29 is 14.1 Å². The third-order valence-corrected chi connectivity index (χ3v) is 2.56. The number of hydrogen-bond acceptors (Lipinski definition) is 4. The number of furan rings is 1. The van der Waals surface area contributed by atoms with E-state index >= 15 is 0 Å². The largest absolute Gasteiger partial charge is 0.465 e. The molecule has 0 unspecified atom stereocenters. The fourth-order valence-electron chi connectivity index (χ4n) is 1.53. The lowest BCUT2D eigenvalue weighted by Crippen LogP contribution is -2.20. The average molecular weight is 272 g/mol. The Hall–Kier alpha value is -2.89. The lowest BCUT2D eigenvalue weighted by molar-refractivity contribution is -0.384. The Morgan fingerprint density at radius 3 is 2.65 bits per heavy atom. The van der Waals surface area contributed by atoms with E-state index in [0.717, 1.165) is 5.56 Å². The Balaban J connectivity index is 1.85. The van der Waals surface area contributed by atoms with E-state index in [1.54, 1.807) is 30.3 Å². The van der Waals surface area contributed by atoms with Crippen LogP contribution in [0.15, 0.2) is 53.2 Å². The molecule has 0 spiro atoms. The van der Waals surface area contributed by atoms with Crippen molar-refractivity contribution in [1.82, 2.24) is 5.32 Å². The SMILES string of the molecule is O=C(C=Cc1ccco1)NCc1ccc([N+](=O)[O-])cc1. The molecule has 0 saturated carbocycles. The maximum absolute atomic E-state index is 11.5. The normalized spacial score (nSPS) is 10.6. The summed E-state index contributed by atoms with van der Waals surface area (Å²) in [5.41, 5.74) is 0.813. The molecule has 0 radical (unpaired) electrons. The number of carbonyl (C=O) groups is 1. The van der Waals surface area contributed by atoms with Crippen molar-refractivity contribution in [2.24, 2.45) is 0 Å². The Bertz CT molecular complexity index is 615. The van der Waals surface area contributed by atoms with Crippen molar-refractivity contribution >= 4 is 17.7 Å². The van der Waals surface area contributed by atoms with Gasteiger partial charge in [-0.2, -0.15) is 0 Å². The highest BCUT2D eigenvalue weighted by molar-refractivity contribution is 5.91. The smallest absolute Gasteiger partial charge is 0.269 e. The second-order valence-corrected chi connectivity index (χ2v) is 3.99. The summed E-state index contributed by atoms with van der Waals surface area (Å²) in [6.45, 7) is 0.305.